The molecule has 0 bridgehead atoms. The SMILES string of the molecule is CC(=O)O[C@@H](C1CCC2C(CC3C4CCC5C(C)(C)[C@@H](OC6C[C@@H](O)C(O)CO6)CCC56C[C@@]46CCC23C)O1)C(C)(C)O. The molecule has 5 aliphatic carbocycles. The van der Waals surface area contributed by atoms with E-state index in [9.17, 15) is 20.1 Å². The van der Waals surface area contributed by atoms with Gasteiger partial charge in [-0.1, -0.05) is 20.8 Å². The lowest BCUT2D eigenvalue weighted by molar-refractivity contribution is -0.264. The zero-order chi connectivity index (χ0) is 30.7. The highest BCUT2D eigenvalue weighted by Crippen LogP contribution is 2.87. The van der Waals surface area contributed by atoms with Crippen molar-refractivity contribution in [2.45, 2.75) is 161 Å². The molecule has 14 atom stereocenters. The molecule has 7 fully saturated rings. The van der Waals surface area contributed by atoms with Gasteiger partial charge in [-0.15, -0.1) is 0 Å². The molecule has 0 radical (unpaired) electrons. The van der Waals surface area contributed by atoms with Gasteiger partial charge in [-0.25, -0.2) is 0 Å². The Balaban J connectivity index is 1.07. The Morgan fingerprint density at radius 1 is 0.907 bits per heavy atom. The van der Waals surface area contributed by atoms with Crippen molar-refractivity contribution in [1.29, 1.82) is 0 Å². The molecule has 244 valence electrons. The van der Waals surface area contributed by atoms with E-state index in [4.69, 9.17) is 18.9 Å². The summed E-state index contributed by atoms with van der Waals surface area (Å²) in [4.78, 5) is 11.9. The highest BCUT2D eigenvalue weighted by molar-refractivity contribution is 5.66. The molecule has 8 heteroatoms. The highest BCUT2D eigenvalue weighted by Gasteiger charge is 2.80. The highest BCUT2D eigenvalue weighted by atomic mass is 16.7. The van der Waals surface area contributed by atoms with Crippen LogP contribution < -0.4 is 0 Å². The lowest BCUT2D eigenvalue weighted by atomic mass is 9.46. The van der Waals surface area contributed by atoms with Crippen LogP contribution in [0.2, 0.25) is 0 Å². The van der Waals surface area contributed by atoms with E-state index in [1.165, 1.54) is 45.4 Å². The average Bonchev–Trinajstić information content (AvgIpc) is 3.50. The second kappa shape index (κ2) is 10.1. The first kappa shape index (κ1) is 30.9. The molecular weight excluding hydrogens is 548 g/mol. The summed E-state index contributed by atoms with van der Waals surface area (Å²) in [6, 6.07) is 0. The fourth-order valence-corrected chi connectivity index (χ4v) is 12.6. The molecule has 2 heterocycles. The predicted molar refractivity (Wildman–Crippen MR) is 159 cm³/mol. The van der Waals surface area contributed by atoms with E-state index >= 15 is 0 Å². The standard InChI is InChI=1S/C35H56O8/c1-19(36)41-30(32(4,5)39)25-9-7-21-26(42-25)15-22-20-8-10-27-31(2,3)28(43-29-16-23(37)24(38)17-40-29)11-12-35(27)18-34(20,35)14-13-33(21,22)6/h20-30,37-39H,7-18H2,1-6H3/t20?,21?,22?,23-,24?,25?,26?,27?,28+,29?,30+,33?,34+,35?/m1/s1. The molecule has 43 heavy (non-hydrogen) atoms. The minimum Gasteiger partial charge on any atom is -0.457 e. The molecule has 7 rings (SSSR count). The largest absolute Gasteiger partial charge is 0.457 e. The normalized spacial score (nSPS) is 52.5. The third-order valence-electron chi connectivity index (χ3n) is 14.5. The van der Waals surface area contributed by atoms with Gasteiger partial charge in [0, 0.05) is 13.3 Å². The van der Waals surface area contributed by atoms with Gasteiger partial charge in [0.1, 0.15) is 6.10 Å². The third-order valence-corrected chi connectivity index (χ3v) is 14.5. The zero-order valence-electron chi connectivity index (χ0n) is 27.2. The number of carbonyl (C=O) groups excluding carboxylic acids is 1. The number of ether oxygens (including phenoxy) is 4. The number of aliphatic hydroxyl groups is 3. The number of aliphatic hydroxyl groups excluding tert-OH is 2. The van der Waals surface area contributed by atoms with E-state index < -0.39 is 30.2 Å². The number of fused-ring (bicyclic) bond motifs is 4. The van der Waals surface area contributed by atoms with E-state index in [2.05, 4.69) is 20.8 Å². The van der Waals surface area contributed by atoms with Crippen molar-refractivity contribution < 1.29 is 39.1 Å². The summed E-state index contributed by atoms with van der Waals surface area (Å²) in [6.07, 6.45) is 9.32. The maximum atomic E-state index is 11.9. The quantitative estimate of drug-likeness (QED) is 0.304. The van der Waals surface area contributed by atoms with Gasteiger partial charge in [0.2, 0.25) is 0 Å². The van der Waals surface area contributed by atoms with Crippen LogP contribution in [0.1, 0.15) is 112 Å². The molecule has 10 unspecified atom stereocenters. The maximum Gasteiger partial charge on any atom is 0.303 e. The average molecular weight is 605 g/mol. The Morgan fingerprint density at radius 3 is 2.35 bits per heavy atom. The number of esters is 1. The molecule has 5 saturated carbocycles. The van der Waals surface area contributed by atoms with Gasteiger partial charge in [0.05, 0.1) is 36.6 Å². The summed E-state index contributed by atoms with van der Waals surface area (Å²) < 4.78 is 24.8. The maximum absolute atomic E-state index is 11.9. The van der Waals surface area contributed by atoms with Gasteiger partial charge < -0.3 is 34.3 Å². The predicted octanol–water partition coefficient (Wildman–Crippen LogP) is 4.75. The van der Waals surface area contributed by atoms with E-state index in [0.29, 0.717) is 35.0 Å². The number of rotatable bonds is 5. The lowest BCUT2D eigenvalue weighted by Crippen LogP contribution is -2.56. The summed E-state index contributed by atoms with van der Waals surface area (Å²) in [7, 11) is 0. The van der Waals surface area contributed by atoms with Crippen LogP contribution >= 0.6 is 0 Å². The third kappa shape index (κ3) is 4.54. The number of hydrogen-bond acceptors (Lipinski definition) is 8. The van der Waals surface area contributed by atoms with Crippen molar-refractivity contribution in [2.75, 3.05) is 6.61 Å². The van der Waals surface area contributed by atoms with Crippen molar-refractivity contribution in [3.63, 3.8) is 0 Å². The summed E-state index contributed by atoms with van der Waals surface area (Å²) in [6.45, 7) is 12.4. The summed E-state index contributed by atoms with van der Waals surface area (Å²) in [5.41, 5.74) is 0.00131. The van der Waals surface area contributed by atoms with Crippen LogP contribution in [0.3, 0.4) is 0 Å². The first-order valence-corrected chi connectivity index (χ1v) is 17.3. The van der Waals surface area contributed by atoms with Gasteiger partial charge >= 0.3 is 5.97 Å². The van der Waals surface area contributed by atoms with Crippen LogP contribution in [0.15, 0.2) is 0 Å². The van der Waals surface area contributed by atoms with E-state index in [0.717, 1.165) is 31.6 Å². The Hall–Kier alpha value is -0.770. The molecule has 0 aromatic carbocycles. The van der Waals surface area contributed by atoms with Crippen LogP contribution in [0, 0.1) is 45.3 Å². The summed E-state index contributed by atoms with van der Waals surface area (Å²) in [5, 5.41) is 31.0. The van der Waals surface area contributed by atoms with Gasteiger partial charge in [-0.3, -0.25) is 4.79 Å². The second-order valence-electron chi connectivity index (χ2n) is 17.3. The summed E-state index contributed by atoms with van der Waals surface area (Å²) in [5.74, 6) is 2.18. The molecule has 0 aromatic rings. The first-order chi connectivity index (χ1) is 20.1. The molecule has 7 aliphatic rings. The molecule has 3 N–H and O–H groups in total. The van der Waals surface area contributed by atoms with E-state index in [1.807, 2.05) is 0 Å². The molecule has 0 amide bonds. The summed E-state index contributed by atoms with van der Waals surface area (Å²) >= 11 is 0. The Bertz CT molecular complexity index is 1100. The first-order valence-electron chi connectivity index (χ1n) is 17.3. The van der Waals surface area contributed by atoms with Crippen LogP contribution in [0.25, 0.3) is 0 Å². The van der Waals surface area contributed by atoms with Gasteiger partial charge in [0.15, 0.2) is 12.4 Å². The number of carbonyl (C=O) groups is 1. The van der Waals surface area contributed by atoms with Crippen molar-refractivity contribution >= 4 is 5.97 Å². The molecule has 2 aliphatic heterocycles. The van der Waals surface area contributed by atoms with Gasteiger partial charge in [0.25, 0.3) is 0 Å². The molecule has 2 saturated heterocycles. The minimum atomic E-state index is -1.15. The minimum absolute atomic E-state index is 0.0284. The Morgan fingerprint density at radius 2 is 1.65 bits per heavy atom. The Labute approximate surface area is 257 Å². The smallest absolute Gasteiger partial charge is 0.303 e. The van der Waals surface area contributed by atoms with Crippen LogP contribution in [0.4, 0.5) is 0 Å². The van der Waals surface area contributed by atoms with Crippen LogP contribution in [0.5, 0.6) is 0 Å². The zero-order valence-corrected chi connectivity index (χ0v) is 27.2. The molecule has 8 nitrogen and oxygen atoms in total. The van der Waals surface area contributed by atoms with E-state index in [1.54, 1.807) is 13.8 Å². The molecule has 2 spiro atoms. The molecular formula is C35H56O8. The van der Waals surface area contributed by atoms with Gasteiger partial charge in [-0.05, 0) is 123 Å². The van der Waals surface area contributed by atoms with Crippen LogP contribution in [-0.4, -0.2) is 76.4 Å². The van der Waals surface area contributed by atoms with Gasteiger partial charge in [-0.2, -0.15) is 0 Å². The molecule has 0 aromatic heterocycles. The lowest BCUT2D eigenvalue weighted by Gasteiger charge is -2.60. The van der Waals surface area contributed by atoms with Crippen molar-refractivity contribution in [2.24, 2.45) is 45.3 Å². The fraction of sp³-hybridized carbons (Fsp3) is 0.971. The second-order valence-corrected chi connectivity index (χ2v) is 17.3. The topological polar surface area (TPSA) is 115 Å². The Kier molecular flexibility index (Phi) is 7.26. The monoisotopic (exact) mass is 604 g/mol. The van der Waals surface area contributed by atoms with E-state index in [-0.39, 0.29) is 41.7 Å². The van der Waals surface area contributed by atoms with Crippen LogP contribution in [-0.2, 0) is 23.7 Å². The van der Waals surface area contributed by atoms with Crippen molar-refractivity contribution in [3.8, 4) is 0 Å². The van der Waals surface area contributed by atoms with Crippen molar-refractivity contribution in [1.82, 2.24) is 0 Å². The van der Waals surface area contributed by atoms with Crippen molar-refractivity contribution in [3.05, 3.63) is 0 Å². The fourth-order valence-electron chi connectivity index (χ4n) is 12.6. The number of hydrogen-bond donors (Lipinski definition) is 3.